The minimum Gasteiger partial charge on any atom is -0.472 e. The van der Waals surface area contributed by atoms with Crippen LogP contribution in [-0.4, -0.2) is 43.3 Å². The molecule has 2 saturated carbocycles. The molecule has 7 unspecified atom stereocenters. The van der Waals surface area contributed by atoms with Crippen molar-refractivity contribution in [2.75, 3.05) is 13.9 Å². The molecule has 7 atom stereocenters. The van der Waals surface area contributed by atoms with Crippen LogP contribution in [0, 0.1) is 28.6 Å². The van der Waals surface area contributed by atoms with Crippen LogP contribution < -0.4 is 0 Å². The van der Waals surface area contributed by atoms with Gasteiger partial charge in [0.15, 0.2) is 5.78 Å². The molecule has 1 aromatic heterocycles. The van der Waals surface area contributed by atoms with Crippen molar-refractivity contribution in [3.05, 3.63) is 24.2 Å². The van der Waals surface area contributed by atoms with Crippen LogP contribution in [0.4, 0.5) is 0 Å². The molecule has 4 rings (SSSR count). The van der Waals surface area contributed by atoms with Gasteiger partial charge in [0.2, 0.25) is 0 Å². The van der Waals surface area contributed by atoms with Gasteiger partial charge in [0.1, 0.15) is 19.0 Å². The van der Waals surface area contributed by atoms with E-state index in [-0.39, 0.29) is 30.9 Å². The first-order valence-electron chi connectivity index (χ1n) is 12.0. The number of ether oxygens (including phenoxy) is 4. The Bertz CT molecular complexity index is 931. The summed E-state index contributed by atoms with van der Waals surface area (Å²) in [5.41, 5.74) is -1.03. The zero-order valence-corrected chi connectivity index (χ0v) is 20.9. The monoisotopic (exact) mass is 476 g/mol. The molecule has 3 aliphatic rings. The van der Waals surface area contributed by atoms with Gasteiger partial charge in [-0.05, 0) is 63.4 Å². The Morgan fingerprint density at radius 3 is 2.56 bits per heavy atom. The third-order valence-corrected chi connectivity index (χ3v) is 8.26. The van der Waals surface area contributed by atoms with Gasteiger partial charge in [-0.2, -0.15) is 0 Å². The van der Waals surface area contributed by atoms with Crippen LogP contribution in [0.15, 0.2) is 23.0 Å². The summed E-state index contributed by atoms with van der Waals surface area (Å²) in [7, 11) is 1.37. The highest BCUT2D eigenvalue weighted by atomic mass is 16.7. The van der Waals surface area contributed by atoms with Crippen molar-refractivity contribution in [1.82, 2.24) is 0 Å². The van der Waals surface area contributed by atoms with Gasteiger partial charge in [-0.1, -0.05) is 13.8 Å². The fraction of sp³-hybridized carbons (Fsp3) is 0.731. The average Bonchev–Trinajstić information content (AvgIpc) is 3.28. The first-order valence-corrected chi connectivity index (χ1v) is 12.0. The third-order valence-electron chi connectivity index (χ3n) is 8.26. The lowest BCUT2D eigenvalue weighted by Crippen LogP contribution is -2.64. The Balaban J connectivity index is 1.71. The number of Topliss-reactive ketones (excluding diaryl/α,β-unsaturated/α-hetero) is 1. The molecule has 0 amide bonds. The first-order chi connectivity index (χ1) is 15.9. The zero-order chi connectivity index (χ0) is 24.9. The number of rotatable bonds is 5. The largest absolute Gasteiger partial charge is 0.472 e. The van der Waals surface area contributed by atoms with Crippen LogP contribution in [0.1, 0.15) is 72.0 Å². The molecule has 1 aliphatic heterocycles. The Hall–Kier alpha value is -2.19. The van der Waals surface area contributed by atoms with E-state index in [0.29, 0.717) is 19.3 Å². The lowest BCUT2D eigenvalue weighted by Gasteiger charge is -2.61. The number of esters is 2. The van der Waals surface area contributed by atoms with E-state index in [2.05, 4.69) is 0 Å². The van der Waals surface area contributed by atoms with Crippen LogP contribution in [0.25, 0.3) is 0 Å². The summed E-state index contributed by atoms with van der Waals surface area (Å²) in [6, 6.07) is 1.78. The Morgan fingerprint density at radius 1 is 1.21 bits per heavy atom. The van der Waals surface area contributed by atoms with Gasteiger partial charge >= 0.3 is 11.9 Å². The third kappa shape index (κ3) is 4.19. The van der Waals surface area contributed by atoms with E-state index in [1.807, 2.05) is 34.6 Å². The van der Waals surface area contributed by atoms with Gasteiger partial charge in [-0.25, -0.2) is 0 Å². The van der Waals surface area contributed by atoms with E-state index in [9.17, 15) is 14.4 Å². The second kappa shape index (κ2) is 8.79. The molecule has 0 N–H and O–H groups in total. The molecule has 1 saturated heterocycles. The maximum absolute atomic E-state index is 14.0. The zero-order valence-electron chi connectivity index (χ0n) is 20.9. The Labute approximate surface area is 200 Å². The second-order valence-corrected chi connectivity index (χ2v) is 11.5. The van der Waals surface area contributed by atoms with Crippen molar-refractivity contribution < 1.29 is 37.7 Å². The minimum atomic E-state index is -0.814. The number of furan rings is 1. The van der Waals surface area contributed by atoms with E-state index in [1.54, 1.807) is 18.6 Å². The quantitative estimate of drug-likeness (QED) is 0.460. The number of ketones is 1. The Morgan fingerprint density at radius 2 is 1.94 bits per heavy atom. The molecular formula is C26H36O8. The molecular weight excluding hydrogens is 440 g/mol. The topological polar surface area (TPSA) is 101 Å². The van der Waals surface area contributed by atoms with Gasteiger partial charge in [0.25, 0.3) is 0 Å². The minimum absolute atomic E-state index is 0.0585. The van der Waals surface area contributed by atoms with E-state index in [0.717, 1.165) is 5.56 Å². The van der Waals surface area contributed by atoms with Crippen molar-refractivity contribution in [3.8, 4) is 0 Å². The van der Waals surface area contributed by atoms with E-state index >= 15 is 0 Å². The van der Waals surface area contributed by atoms with E-state index in [4.69, 9.17) is 23.4 Å². The van der Waals surface area contributed by atoms with E-state index in [1.165, 1.54) is 7.11 Å². The molecule has 0 spiro atoms. The molecule has 2 heterocycles. The molecule has 8 heteroatoms. The number of cyclic esters (lactones) is 1. The van der Waals surface area contributed by atoms with Crippen molar-refractivity contribution >= 4 is 17.7 Å². The molecule has 1 aromatic rings. The molecule has 0 bridgehead atoms. The SMILES string of the molecule is COC(=O)C1CC(OCOC(C)(C)C)C(=O)C2C1(C)CCC1C(=O)OC(c3ccoc3)CC12C. The van der Waals surface area contributed by atoms with Gasteiger partial charge in [-0.3, -0.25) is 14.4 Å². The summed E-state index contributed by atoms with van der Waals surface area (Å²) < 4.78 is 27.8. The number of hydrogen-bond acceptors (Lipinski definition) is 8. The van der Waals surface area contributed by atoms with E-state index < -0.39 is 46.4 Å². The molecule has 3 fully saturated rings. The van der Waals surface area contributed by atoms with Gasteiger partial charge in [-0.15, -0.1) is 0 Å². The fourth-order valence-electron chi connectivity index (χ4n) is 6.60. The molecule has 2 aliphatic carbocycles. The van der Waals surface area contributed by atoms with Crippen LogP contribution in [-0.2, 0) is 33.3 Å². The Kier molecular flexibility index (Phi) is 6.44. The number of carbonyl (C=O) groups is 3. The average molecular weight is 477 g/mol. The van der Waals surface area contributed by atoms with Crippen molar-refractivity contribution in [1.29, 1.82) is 0 Å². The maximum atomic E-state index is 14.0. The first kappa shape index (κ1) is 24.9. The van der Waals surface area contributed by atoms with Gasteiger partial charge < -0.3 is 23.4 Å². The highest BCUT2D eigenvalue weighted by Gasteiger charge is 2.67. The van der Waals surface area contributed by atoms with Gasteiger partial charge in [0.05, 0.1) is 37.1 Å². The highest BCUT2D eigenvalue weighted by Crippen LogP contribution is 2.65. The van der Waals surface area contributed by atoms with Crippen LogP contribution in [0.2, 0.25) is 0 Å². The normalized spacial score (nSPS) is 38.0. The lowest BCUT2D eigenvalue weighted by molar-refractivity contribution is -0.217. The van der Waals surface area contributed by atoms with Crippen molar-refractivity contribution in [2.45, 2.75) is 78.1 Å². The second-order valence-electron chi connectivity index (χ2n) is 11.5. The van der Waals surface area contributed by atoms with Gasteiger partial charge in [0, 0.05) is 11.5 Å². The standard InChI is InChI=1S/C26H36O8/c1-24(2,3)33-14-32-18-11-17(22(28)30-6)25(4)9-7-16-23(29)34-19(15-8-10-31-13-15)12-26(16,5)21(25)20(18)27/h8,10,13,16-19,21H,7,9,11-12,14H2,1-6H3. The summed E-state index contributed by atoms with van der Waals surface area (Å²) in [4.78, 5) is 40.2. The number of carbonyl (C=O) groups excluding carboxylic acids is 3. The van der Waals surface area contributed by atoms with Crippen LogP contribution in [0.3, 0.4) is 0 Å². The summed E-state index contributed by atoms with van der Waals surface area (Å²) >= 11 is 0. The molecule has 0 aromatic carbocycles. The lowest BCUT2D eigenvalue weighted by atomic mass is 9.43. The highest BCUT2D eigenvalue weighted by molar-refractivity contribution is 5.92. The van der Waals surface area contributed by atoms with Crippen molar-refractivity contribution in [3.63, 3.8) is 0 Å². The van der Waals surface area contributed by atoms with Crippen LogP contribution in [0.5, 0.6) is 0 Å². The smallest absolute Gasteiger partial charge is 0.310 e. The number of methoxy groups -OCH3 is 1. The van der Waals surface area contributed by atoms with Crippen molar-refractivity contribution in [2.24, 2.45) is 28.6 Å². The predicted molar refractivity (Wildman–Crippen MR) is 120 cm³/mol. The summed E-state index contributed by atoms with van der Waals surface area (Å²) in [6.07, 6.45) is 3.60. The molecule has 0 radical (unpaired) electrons. The number of hydrogen-bond donors (Lipinski definition) is 0. The number of fused-ring (bicyclic) bond motifs is 3. The molecule has 188 valence electrons. The molecule has 34 heavy (non-hydrogen) atoms. The summed E-state index contributed by atoms with van der Waals surface area (Å²) in [5.74, 6) is -2.25. The fourth-order valence-corrected chi connectivity index (χ4v) is 6.60. The predicted octanol–water partition coefficient (Wildman–Crippen LogP) is 4.23. The van der Waals surface area contributed by atoms with Crippen LogP contribution >= 0.6 is 0 Å². The maximum Gasteiger partial charge on any atom is 0.310 e. The summed E-state index contributed by atoms with van der Waals surface area (Å²) in [6.45, 7) is 9.65. The molecule has 8 nitrogen and oxygen atoms in total. The summed E-state index contributed by atoms with van der Waals surface area (Å²) in [5, 5.41) is 0.